The third-order valence-electron chi connectivity index (χ3n) is 3.48. The zero-order chi connectivity index (χ0) is 19.8. The second-order valence-electron chi connectivity index (χ2n) is 5.68. The lowest BCUT2D eigenvalue weighted by Crippen LogP contribution is -2.20. The van der Waals surface area contributed by atoms with Gasteiger partial charge in [-0.1, -0.05) is 35.4 Å². The van der Waals surface area contributed by atoms with E-state index in [1.165, 1.54) is 24.4 Å². The van der Waals surface area contributed by atoms with E-state index in [1.54, 1.807) is 12.1 Å². The standard InChI is InChI=1S/C18H17ClN4O4/c1-12-2-5-14(6-3-12)21-17(24)8-9-18(25)22-20-11-13-4-7-15(19)16(10-13)23(26)27/h2-7,10-11H,8-9H2,1H3,(H,21,24)(H,22,25). The van der Waals surface area contributed by atoms with Gasteiger partial charge >= 0.3 is 0 Å². The number of benzene rings is 2. The Balaban J connectivity index is 1.79. The van der Waals surface area contributed by atoms with Crippen molar-refractivity contribution in [3.8, 4) is 0 Å². The van der Waals surface area contributed by atoms with Crippen molar-refractivity contribution in [3.63, 3.8) is 0 Å². The van der Waals surface area contributed by atoms with Crippen LogP contribution in [0, 0.1) is 17.0 Å². The number of anilines is 1. The van der Waals surface area contributed by atoms with Gasteiger partial charge in [-0.3, -0.25) is 19.7 Å². The summed E-state index contributed by atoms with van der Waals surface area (Å²) in [4.78, 5) is 33.8. The van der Waals surface area contributed by atoms with Crippen molar-refractivity contribution in [2.75, 3.05) is 5.32 Å². The summed E-state index contributed by atoms with van der Waals surface area (Å²) < 4.78 is 0. The van der Waals surface area contributed by atoms with Crippen LogP contribution in [0.1, 0.15) is 24.0 Å². The summed E-state index contributed by atoms with van der Waals surface area (Å²) in [6.07, 6.45) is 1.21. The Morgan fingerprint density at radius 1 is 1.15 bits per heavy atom. The van der Waals surface area contributed by atoms with Crippen LogP contribution in [0.25, 0.3) is 0 Å². The van der Waals surface area contributed by atoms with E-state index in [0.717, 1.165) is 5.56 Å². The molecule has 140 valence electrons. The average Bonchev–Trinajstić information content (AvgIpc) is 2.63. The van der Waals surface area contributed by atoms with Crippen LogP contribution in [0.15, 0.2) is 47.6 Å². The molecule has 0 aliphatic heterocycles. The fraction of sp³-hybridized carbons (Fsp3) is 0.167. The van der Waals surface area contributed by atoms with Crippen LogP contribution in [0.4, 0.5) is 11.4 Å². The van der Waals surface area contributed by atoms with Gasteiger partial charge in [-0.2, -0.15) is 5.10 Å². The van der Waals surface area contributed by atoms with Gasteiger partial charge < -0.3 is 5.32 Å². The number of carbonyl (C=O) groups is 2. The van der Waals surface area contributed by atoms with Crippen LogP contribution in [0.5, 0.6) is 0 Å². The molecule has 0 spiro atoms. The summed E-state index contributed by atoms with van der Waals surface area (Å²) in [6.45, 7) is 1.94. The molecule has 0 aromatic heterocycles. The number of hydrogen-bond acceptors (Lipinski definition) is 5. The van der Waals surface area contributed by atoms with E-state index in [4.69, 9.17) is 11.6 Å². The second kappa shape index (κ2) is 9.44. The van der Waals surface area contributed by atoms with E-state index >= 15 is 0 Å². The van der Waals surface area contributed by atoms with Gasteiger partial charge in [0, 0.05) is 30.2 Å². The molecule has 2 aromatic carbocycles. The summed E-state index contributed by atoms with van der Waals surface area (Å²) in [7, 11) is 0. The summed E-state index contributed by atoms with van der Waals surface area (Å²) in [5, 5.41) is 17.3. The van der Waals surface area contributed by atoms with E-state index in [9.17, 15) is 19.7 Å². The Bertz CT molecular complexity index is 881. The highest BCUT2D eigenvalue weighted by atomic mass is 35.5. The van der Waals surface area contributed by atoms with Crippen molar-refractivity contribution in [1.29, 1.82) is 0 Å². The highest BCUT2D eigenvalue weighted by Crippen LogP contribution is 2.24. The molecule has 0 bridgehead atoms. The van der Waals surface area contributed by atoms with Crippen LogP contribution in [-0.4, -0.2) is 23.0 Å². The van der Waals surface area contributed by atoms with Gasteiger partial charge in [0.15, 0.2) is 0 Å². The molecular formula is C18H17ClN4O4. The first kappa shape index (κ1) is 20.1. The quantitative estimate of drug-likeness (QED) is 0.429. The van der Waals surface area contributed by atoms with Crippen molar-refractivity contribution in [2.24, 2.45) is 5.10 Å². The minimum Gasteiger partial charge on any atom is -0.326 e. The number of nitrogens with zero attached hydrogens (tertiary/aromatic N) is 2. The Morgan fingerprint density at radius 3 is 2.48 bits per heavy atom. The molecule has 2 amide bonds. The van der Waals surface area contributed by atoms with E-state index < -0.39 is 10.8 Å². The number of hydrogen-bond donors (Lipinski definition) is 2. The molecule has 0 saturated carbocycles. The molecule has 2 aromatic rings. The van der Waals surface area contributed by atoms with Gasteiger partial charge in [-0.25, -0.2) is 5.43 Å². The highest BCUT2D eigenvalue weighted by molar-refractivity contribution is 6.32. The number of hydrazone groups is 1. The van der Waals surface area contributed by atoms with Gasteiger partial charge in [0.2, 0.25) is 11.8 Å². The molecular weight excluding hydrogens is 372 g/mol. The van der Waals surface area contributed by atoms with Crippen LogP contribution in [0.2, 0.25) is 5.02 Å². The molecule has 9 heteroatoms. The zero-order valence-electron chi connectivity index (χ0n) is 14.4. The average molecular weight is 389 g/mol. The maximum atomic E-state index is 11.8. The minimum absolute atomic E-state index is 0.00163. The predicted octanol–water partition coefficient (Wildman–Crippen LogP) is 3.43. The maximum Gasteiger partial charge on any atom is 0.288 e. The Labute approximate surface area is 160 Å². The molecule has 0 aliphatic carbocycles. The topological polar surface area (TPSA) is 114 Å². The number of nitrogens with one attached hydrogen (secondary N) is 2. The largest absolute Gasteiger partial charge is 0.326 e. The number of halogens is 1. The number of amides is 2. The smallest absolute Gasteiger partial charge is 0.288 e. The van der Waals surface area contributed by atoms with Gasteiger partial charge in [-0.05, 0) is 25.1 Å². The van der Waals surface area contributed by atoms with Gasteiger partial charge in [0.05, 0.1) is 11.1 Å². The Kier molecular flexibility index (Phi) is 7.01. The molecule has 8 nitrogen and oxygen atoms in total. The first-order valence-corrected chi connectivity index (χ1v) is 8.35. The summed E-state index contributed by atoms with van der Waals surface area (Å²) in [6, 6.07) is 11.5. The normalized spacial score (nSPS) is 10.6. The molecule has 0 unspecified atom stereocenters. The van der Waals surface area contributed by atoms with E-state index in [-0.39, 0.29) is 29.5 Å². The van der Waals surface area contributed by atoms with E-state index in [1.807, 2.05) is 19.1 Å². The third kappa shape index (κ3) is 6.52. The molecule has 0 heterocycles. The molecule has 0 aliphatic rings. The van der Waals surface area contributed by atoms with Gasteiger partial charge in [0.1, 0.15) is 5.02 Å². The van der Waals surface area contributed by atoms with E-state index in [2.05, 4.69) is 15.8 Å². The first-order valence-electron chi connectivity index (χ1n) is 7.97. The second-order valence-corrected chi connectivity index (χ2v) is 6.08. The molecule has 27 heavy (non-hydrogen) atoms. The molecule has 0 fully saturated rings. The van der Waals surface area contributed by atoms with Crippen LogP contribution >= 0.6 is 11.6 Å². The molecule has 0 radical (unpaired) electrons. The number of rotatable bonds is 7. The third-order valence-corrected chi connectivity index (χ3v) is 3.80. The fourth-order valence-corrected chi connectivity index (χ4v) is 2.26. The lowest BCUT2D eigenvalue weighted by Gasteiger charge is -2.05. The van der Waals surface area contributed by atoms with Crippen molar-refractivity contribution in [2.45, 2.75) is 19.8 Å². The summed E-state index contributed by atoms with van der Waals surface area (Å²) >= 11 is 5.72. The Hall–Kier alpha value is -3.26. The van der Waals surface area contributed by atoms with Gasteiger partial charge in [-0.15, -0.1) is 0 Å². The van der Waals surface area contributed by atoms with Crippen molar-refractivity contribution in [1.82, 2.24) is 5.43 Å². The monoisotopic (exact) mass is 388 g/mol. The summed E-state index contributed by atoms with van der Waals surface area (Å²) in [5.41, 5.74) is 4.16. The lowest BCUT2D eigenvalue weighted by atomic mass is 10.2. The van der Waals surface area contributed by atoms with E-state index in [0.29, 0.717) is 11.3 Å². The number of nitro benzene ring substituents is 1. The fourth-order valence-electron chi connectivity index (χ4n) is 2.07. The Morgan fingerprint density at radius 2 is 1.81 bits per heavy atom. The number of nitro groups is 1. The van der Waals surface area contributed by atoms with Gasteiger partial charge in [0.25, 0.3) is 5.69 Å². The van der Waals surface area contributed by atoms with Crippen LogP contribution in [-0.2, 0) is 9.59 Å². The SMILES string of the molecule is Cc1ccc(NC(=O)CCC(=O)NN=Cc2ccc(Cl)c([N+](=O)[O-])c2)cc1. The number of carbonyl (C=O) groups excluding carboxylic acids is 2. The van der Waals surface area contributed by atoms with Crippen molar-refractivity contribution in [3.05, 3.63) is 68.7 Å². The maximum absolute atomic E-state index is 11.8. The minimum atomic E-state index is -0.606. The number of aryl methyl sites for hydroxylation is 1. The first-order chi connectivity index (χ1) is 12.8. The molecule has 0 saturated heterocycles. The van der Waals surface area contributed by atoms with Crippen LogP contribution < -0.4 is 10.7 Å². The van der Waals surface area contributed by atoms with Crippen molar-refractivity contribution < 1.29 is 14.5 Å². The zero-order valence-corrected chi connectivity index (χ0v) is 15.2. The molecule has 2 rings (SSSR count). The molecule has 2 N–H and O–H groups in total. The summed E-state index contributed by atoms with van der Waals surface area (Å²) in [5.74, 6) is -0.736. The van der Waals surface area contributed by atoms with Crippen LogP contribution in [0.3, 0.4) is 0 Å². The molecule has 0 atom stereocenters. The lowest BCUT2D eigenvalue weighted by molar-refractivity contribution is -0.384. The predicted molar refractivity (Wildman–Crippen MR) is 103 cm³/mol. The van der Waals surface area contributed by atoms with Crippen molar-refractivity contribution >= 4 is 41.0 Å². The highest BCUT2D eigenvalue weighted by Gasteiger charge is 2.12.